The van der Waals surface area contributed by atoms with E-state index in [-0.39, 0.29) is 17.1 Å². The Hall–Kier alpha value is -3.32. The SMILES string of the molecule is COc1cc(NC(=O)CCCc2ccc(N=C(N)c3cccs3)cc2)c(O)c(C(C)(C)C)c1. The first-order chi connectivity index (χ1) is 15.7. The number of anilines is 1. The fourth-order valence-electron chi connectivity index (χ4n) is 3.41. The third-order valence-corrected chi connectivity index (χ3v) is 6.12. The second-order valence-electron chi connectivity index (χ2n) is 8.86. The van der Waals surface area contributed by atoms with E-state index in [0.29, 0.717) is 30.1 Å². The van der Waals surface area contributed by atoms with Crippen LogP contribution in [0.3, 0.4) is 0 Å². The third kappa shape index (κ3) is 6.58. The number of amidine groups is 1. The van der Waals surface area contributed by atoms with Gasteiger partial charge in [-0.25, -0.2) is 4.99 Å². The van der Waals surface area contributed by atoms with Crippen molar-refractivity contribution in [2.45, 2.75) is 45.4 Å². The summed E-state index contributed by atoms with van der Waals surface area (Å²) in [5, 5.41) is 15.5. The molecule has 1 amide bonds. The Balaban J connectivity index is 1.56. The average molecular weight is 466 g/mol. The van der Waals surface area contributed by atoms with Crippen molar-refractivity contribution < 1.29 is 14.6 Å². The Bertz CT molecular complexity index is 1110. The number of hydrogen-bond donors (Lipinski definition) is 3. The summed E-state index contributed by atoms with van der Waals surface area (Å²) in [6.07, 6.45) is 1.78. The number of ether oxygens (including phenoxy) is 1. The smallest absolute Gasteiger partial charge is 0.224 e. The van der Waals surface area contributed by atoms with Crippen molar-refractivity contribution in [3.63, 3.8) is 0 Å². The lowest BCUT2D eigenvalue weighted by atomic mass is 9.85. The number of carbonyl (C=O) groups is 1. The highest BCUT2D eigenvalue weighted by atomic mass is 32.1. The molecule has 0 fully saturated rings. The van der Waals surface area contributed by atoms with E-state index < -0.39 is 0 Å². The molecule has 0 atom stereocenters. The molecular formula is C26H31N3O3S. The molecule has 7 heteroatoms. The number of rotatable bonds is 8. The van der Waals surface area contributed by atoms with Crippen molar-refractivity contribution in [1.29, 1.82) is 0 Å². The minimum Gasteiger partial charge on any atom is -0.505 e. The van der Waals surface area contributed by atoms with Crippen LogP contribution in [0.25, 0.3) is 0 Å². The molecule has 0 aliphatic heterocycles. The van der Waals surface area contributed by atoms with Crippen LogP contribution in [0.5, 0.6) is 11.5 Å². The van der Waals surface area contributed by atoms with Crippen LogP contribution in [0.15, 0.2) is 58.9 Å². The molecule has 0 aliphatic rings. The number of nitrogens with two attached hydrogens (primary N) is 1. The highest BCUT2D eigenvalue weighted by Crippen LogP contribution is 2.39. The molecule has 0 saturated carbocycles. The third-order valence-electron chi connectivity index (χ3n) is 5.23. The molecule has 6 nitrogen and oxygen atoms in total. The monoisotopic (exact) mass is 465 g/mol. The van der Waals surface area contributed by atoms with Crippen molar-refractivity contribution in [2.24, 2.45) is 10.7 Å². The molecule has 0 radical (unpaired) electrons. The zero-order valence-corrected chi connectivity index (χ0v) is 20.3. The summed E-state index contributed by atoms with van der Waals surface area (Å²) in [7, 11) is 1.57. The zero-order valence-electron chi connectivity index (χ0n) is 19.5. The van der Waals surface area contributed by atoms with Crippen molar-refractivity contribution in [3.05, 3.63) is 69.9 Å². The standard InChI is InChI=1S/C26H31N3O3S/c1-26(2,3)20-15-19(32-4)16-21(24(20)31)29-23(30)9-5-7-17-10-12-18(13-11-17)28-25(27)22-8-6-14-33-22/h6,8,10-16,31H,5,7,9H2,1-4H3,(H2,27,28)(H,29,30). The Labute approximate surface area is 199 Å². The van der Waals surface area contributed by atoms with Crippen molar-refractivity contribution in [3.8, 4) is 11.5 Å². The Kier molecular flexibility index (Phi) is 7.76. The number of methoxy groups -OCH3 is 1. The second kappa shape index (κ2) is 10.5. The van der Waals surface area contributed by atoms with E-state index in [1.165, 1.54) is 0 Å². The summed E-state index contributed by atoms with van der Waals surface area (Å²) in [4.78, 5) is 17.9. The lowest BCUT2D eigenvalue weighted by Gasteiger charge is -2.23. The van der Waals surface area contributed by atoms with Gasteiger partial charge in [0, 0.05) is 18.1 Å². The maximum absolute atomic E-state index is 12.5. The quantitative estimate of drug-likeness (QED) is 0.224. The minimum absolute atomic E-state index is 0.0783. The summed E-state index contributed by atoms with van der Waals surface area (Å²) in [5.41, 5.74) is 8.76. The summed E-state index contributed by atoms with van der Waals surface area (Å²) in [5.74, 6) is 1.03. The summed E-state index contributed by atoms with van der Waals surface area (Å²) in [6.45, 7) is 6.00. The summed E-state index contributed by atoms with van der Waals surface area (Å²) < 4.78 is 5.34. The van der Waals surface area contributed by atoms with Crippen LogP contribution >= 0.6 is 11.3 Å². The number of aliphatic imine (C=N–C) groups is 1. The Morgan fingerprint density at radius 2 is 1.91 bits per heavy atom. The summed E-state index contributed by atoms with van der Waals surface area (Å²) in [6, 6.07) is 15.2. The predicted molar refractivity (Wildman–Crippen MR) is 136 cm³/mol. The highest BCUT2D eigenvalue weighted by molar-refractivity contribution is 7.12. The highest BCUT2D eigenvalue weighted by Gasteiger charge is 2.22. The second-order valence-corrected chi connectivity index (χ2v) is 9.81. The van der Waals surface area contributed by atoms with Crippen LogP contribution in [0, 0.1) is 0 Å². The number of amides is 1. The van der Waals surface area contributed by atoms with Gasteiger partial charge in [0.1, 0.15) is 17.3 Å². The average Bonchev–Trinajstić information content (AvgIpc) is 3.31. The van der Waals surface area contributed by atoms with Crippen LogP contribution < -0.4 is 15.8 Å². The van der Waals surface area contributed by atoms with Gasteiger partial charge in [-0.3, -0.25) is 4.79 Å². The molecule has 174 valence electrons. The van der Waals surface area contributed by atoms with E-state index in [1.807, 2.05) is 62.5 Å². The largest absolute Gasteiger partial charge is 0.505 e. The number of aromatic hydroxyl groups is 1. The molecule has 0 bridgehead atoms. The number of nitrogens with one attached hydrogen (secondary N) is 1. The Morgan fingerprint density at radius 1 is 1.18 bits per heavy atom. The predicted octanol–water partition coefficient (Wildman–Crippen LogP) is 5.76. The molecule has 4 N–H and O–H groups in total. The molecule has 0 aliphatic carbocycles. The minimum atomic E-state index is -0.289. The van der Waals surface area contributed by atoms with E-state index in [0.717, 1.165) is 28.1 Å². The van der Waals surface area contributed by atoms with E-state index in [2.05, 4.69) is 10.3 Å². The van der Waals surface area contributed by atoms with E-state index >= 15 is 0 Å². The van der Waals surface area contributed by atoms with Gasteiger partial charge in [0.05, 0.1) is 23.4 Å². The fraction of sp³-hybridized carbons (Fsp3) is 0.308. The van der Waals surface area contributed by atoms with Crippen LogP contribution in [0.1, 0.15) is 49.6 Å². The van der Waals surface area contributed by atoms with Crippen LogP contribution in [0.2, 0.25) is 0 Å². The topological polar surface area (TPSA) is 96.9 Å². The first-order valence-electron chi connectivity index (χ1n) is 10.9. The maximum atomic E-state index is 12.5. The lowest BCUT2D eigenvalue weighted by molar-refractivity contribution is -0.116. The van der Waals surface area contributed by atoms with Crippen LogP contribution in [0.4, 0.5) is 11.4 Å². The first kappa shape index (κ1) is 24.3. The van der Waals surface area contributed by atoms with Crippen molar-refractivity contribution in [2.75, 3.05) is 12.4 Å². The number of carbonyl (C=O) groups excluding carboxylic acids is 1. The van der Waals surface area contributed by atoms with Gasteiger partial charge in [-0.15, -0.1) is 11.3 Å². The number of hydrogen-bond acceptors (Lipinski definition) is 5. The Morgan fingerprint density at radius 3 is 2.52 bits per heavy atom. The molecule has 0 unspecified atom stereocenters. The molecule has 3 rings (SSSR count). The van der Waals surface area contributed by atoms with E-state index in [9.17, 15) is 9.90 Å². The van der Waals surface area contributed by atoms with Gasteiger partial charge in [-0.05, 0) is 53.5 Å². The zero-order chi connectivity index (χ0) is 24.0. The summed E-state index contributed by atoms with van der Waals surface area (Å²) >= 11 is 1.56. The number of benzene rings is 2. The molecule has 2 aromatic carbocycles. The van der Waals surface area contributed by atoms with Crippen molar-refractivity contribution in [1.82, 2.24) is 0 Å². The van der Waals surface area contributed by atoms with Crippen molar-refractivity contribution >= 4 is 34.5 Å². The van der Waals surface area contributed by atoms with E-state index in [1.54, 1.807) is 30.6 Å². The van der Waals surface area contributed by atoms with Gasteiger partial charge in [0.2, 0.25) is 5.91 Å². The van der Waals surface area contributed by atoms with Gasteiger partial charge in [0.25, 0.3) is 0 Å². The van der Waals surface area contributed by atoms with Crippen LogP contribution in [-0.4, -0.2) is 24.0 Å². The number of aryl methyl sites for hydroxylation is 1. The normalized spacial score (nSPS) is 11.9. The maximum Gasteiger partial charge on any atom is 0.224 e. The van der Waals surface area contributed by atoms with Gasteiger partial charge in [0.15, 0.2) is 0 Å². The van der Waals surface area contributed by atoms with E-state index in [4.69, 9.17) is 10.5 Å². The number of phenolic OH excluding ortho intramolecular Hbond substituents is 1. The molecule has 3 aromatic rings. The van der Waals surface area contributed by atoms with Crippen LogP contribution in [-0.2, 0) is 16.6 Å². The molecule has 0 saturated heterocycles. The fourth-order valence-corrected chi connectivity index (χ4v) is 4.04. The molecule has 1 aromatic heterocycles. The van der Waals surface area contributed by atoms with Gasteiger partial charge < -0.3 is 20.9 Å². The van der Waals surface area contributed by atoms with Gasteiger partial charge >= 0.3 is 0 Å². The molecule has 1 heterocycles. The molecule has 0 spiro atoms. The molecular weight excluding hydrogens is 434 g/mol. The number of phenols is 1. The molecule has 33 heavy (non-hydrogen) atoms. The lowest BCUT2D eigenvalue weighted by Crippen LogP contribution is -2.15. The number of nitrogens with zero attached hydrogens (tertiary/aromatic N) is 1. The van der Waals surface area contributed by atoms with Gasteiger partial charge in [-0.2, -0.15) is 0 Å². The number of thiophene rings is 1. The van der Waals surface area contributed by atoms with Gasteiger partial charge in [-0.1, -0.05) is 39.0 Å². The first-order valence-corrected chi connectivity index (χ1v) is 11.7.